The van der Waals surface area contributed by atoms with Crippen LogP contribution in [0.1, 0.15) is 41.4 Å². The molecular formula is C28H19N3O6. The number of aromatic hydroxyl groups is 2. The van der Waals surface area contributed by atoms with Gasteiger partial charge in [-0.2, -0.15) is 0 Å². The Bertz CT molecular complexity index is 1480. The first kappa shape index (κ1) is 23.3. The fourth-order valence-corrected chi connectivity index (χ4v) is 3.97. The van der Waals surface area contributed by atoms with Gasteiger partial charge in [-0.05, 0) is 54.6 Å². The summed E-state index contributed by atoms with van der Waals surface area (Å²) in [5, 5.41) is 25.2. The summed E-state index contributed by atoms with van der Waals surface area (Å²) in [6.07, 6.45) is 0. The molecule has 4 aromatic rings. The average Bonchev–Trinajstić information content (AvgIpc) is 3.16. The maximum atomic E-state index is 13.1. The van der Waals surface area contributed by atoms with E-state index in [9.17, 15) is 29.4 Å². The minimum absolute atomic E-state index is 0.0126. The number of imide groups is 1. The van der Waals surface area contributed by atoms with Gasteiger partial charge in [0, 0.05) is 11.1 Å². The number of nitrogens with one attached hydrogen (secondary N) is 2. The van der Waals surface area contributed by atoms with Crippen LogP contribution in [0.2, 0.25) is 0 Å². The lowest BCUT2D eigenvalue weighted by molar-refractivity contribution is 0.0922. The normalized spacial score (nSPS) is 12.3. The van der Waals surface area contributed by atoms with Gasteiger partial charge in [0.15, 0.2) is 0 Å². The third kappa shape index (κ3) is 4.37. The summed E-state index contributed by atoms with van der Waals surface area (Å²) in [4.78, 5) is 53.3. The van der Waals surface area contributed by atoms with Gasteiger partial charge in [-0.1, -0.05) is 36.4 Å². The van der Waals surface area contributed by atoms with E-state index in [4.69, 9.17) is 0 Å². The van der Waals surface area contributed by atoms with Crippen LogP contribution in [-0.4, -0.2) is 33.8 Å². The van der Waals surface area contributed by atoms with Crippen LogP contribution in [0.5, 0.6) is 11.5 Å². The molecule has 0 spiro atoms. The third-order valence-electron chi connectivity index (χ3n) is 5.80. The number of anilines is 3. The summed E-state index contributed by atoms with van der Waals surface area (Å²) in [5.41, 5.74) is 0.615. The number of fused-ring (bicyclic) bond motifs is 1. The van der Waals surface area contributed by atoms with E-state index < -0.39 is 23.6 Å². The Balaban J connectivity index is 1.56. The summed E-state index contributed by atoms with van der Waals surface area (Å²) < 4.78 is 0. The lowest BCUT2D eigenvalue weighted by Crippen LogP contribution is -2.30. The number of amides is 4. The SMILES string of the molecule is O=C(Nc1ccccc1O)c1cc(C(=O)Nc2ccccc2O)cc(N2C(=O)c3ccccc3C2=O)c1. The number of phenols is 2. The van der Waals surface area contributed by atoms with Crippen LogP contribution in [0.15, 0.2) is 91.0 Å². The molecule has 0 fully saturated rings. The van der Waals surface area contributed by atoms with Crippen LogP contribution in [-0.2, 0) is 0 Å². The van der Waals surface area contributed by atoms with Crippen molar-refractivity contribution in [2.24, 2.45) is 0 Å². The number of carbonyl (C=O) groups excluding carboxylic acids is 4. The molecule has 1 aliphatic rings. The first-order valence-electron chi connectivity index (χ1n) is 11.1. The molecule has 37 heavy (non-hydrogen) atoms. The molecule has 4 N–H and O–H groups in total. The zero-order valence-corrected chi connectivity index (χ0v) is 19.1. The zero-order valence-electron chi connectivity index (χ0n) is 19.1. The number of hydrogen-bond donors (Lipinski definition) is 4. The monoisotopic (exact) mass is 493 g/mol. The second-order valence-electron chi connectivity index (χ2n) is 8.20. The molecule has 4 amide bonds. The highest BCUT2D eigenvalue weighted by Gasteiger charge is 2.37. The minimum Gasteiger partial charge on any atom is -0.506 e. The van der Waals surface area contributed by atoms with Crippen LogP contribution in [0.3, 0.4) is 0 Å². The average molecular weight is 493 g/mol. The second-order valence-corrected chi connectivity index (χ2v) is 8.20. The summed E-state index contributed by atoms with van der Waals surface area (Å²) in [6, 6.07) is 22.4. The molecule has 1 aliphatic heterocycles. The smallest absolute Gasteiger partial charge is 0.266 e. The van der Waals surface area contributed by atoms with Crippen LogP contribution in [0.4, 0.5) is 17.1 Å². The van der Waals surface area contributed by atoms with Gasteiger partial charge in [-0.15, -0.1) is 0 Å². The van der Waals surface area contributed by atoms with Gasteiger partial charge in [-0.25, -0.2) is 4.90 Å². The Labute approximate surface area is 210 Å². The molecule has 1 heterocycles. The largest absolute Gasteiger partial charge is 0.506 e. The predicted molar refractivity (Wildman–Crippen MR) is 136 cm³/mol. The standard InChI is InChI=1S/C28H19N3O6/c32-23-11-5-3-9-21(23)29-25(34)16-13-17(26(35)30-22-10-4-6-12-24(22)33)15-18(14-16)31-27(36)19-7-1-2-8-20(19)28(31)37/h1-15,32-33H,(H,29,34)(H,30,35). The van der Waals surface area contributed by atoms with Gasteiger partial charge >= 0.3 is 0 Å². The molecule has 0 aliphatic carbocycles. The van der Waals surface area contributed by atoms with Crippen molar-refractivity contribution in [2.75, 3.05) is 15.5 Å². The van der Waals surface area contributed by atoms with Gasteiger partial charge in [0.1, 0.15) is 11.5 Å². The topological polar surface area (TPSA) is 136 Å². The third-order valence-corrected chi connectivity index (χ3v) is 5.80. The van der Waals surface area contributed by atoms with E-state index in [0.29, 0.717) is 0 Å². The highest BCUT2D eigenvalue weighted by molar-refractivity contribution is 6.34. The van der Waals surface area contributed by atoms with Gasteiger partial charge in [0.2, 0.25) is 0 Å². The number of hydrogen-bond acceptors (Lipinski definition) is 6. The summed E-state index contributed by atoms with van der Waals surface area (Å²) >= 11 is 0. The van der Waals surface area contributed by atoms with Crippen molar-refractivity contribution in [1.29, 1.82) is 0 Å². The number of rotatable bonds is 5. The van der Waals surface area contributed by atoms with E-state index in [0.717, 1.165) is 4.90 Å². The molecule has 5 rings (SSSR count). The van der Waals surface area contributed by atoms with Crippen molar-refractivity contribution < 1.29 is 29.4 Å². The molecule has 0 aromatic heterocycles. The predicted octanol–water partition coefficient (Wildman–Crippen LogP) is 4.40. The zero-order chi connectivity index (χ0) is 26.1. The molecule has 0 bridgehead atoms. The molecule has 0 atom stereocenters. The van der Waals surface area contributed by atoms with Gasteiger partial charge in [0.25, 0.3) is 23.6 Å². The molecule has 0 unspecified atom stereocenters. The molecule has 4 aromatic carbocycles. The van der Waals surface area contributed by atoms with E-state index in [-0.39, 0.29) is 50.8 Å². The lowest BCUT2D eigenvalue weighted by Gasteiger charge is -2.17. The van der Waals surface area contributed by atoms with E-state index in [1.807, 2.05) is 0 Å². The van der Waals surface area contributed by atoms with Crippen molar-refractivity contribution in [3.05, 3.63) is 113 Å². The maximum Gasteiger partial charge on any atom is 0.266 e. The molecular weight excluding hydrogens is 474 g/mol. The molecule has 182 valence electrons. The molecule has 0 saturated heterocycles. The Morgan fingerprint density at radius 3 is 1.43 bits per heavy atom. The molecule has 9 nitrogen and oxygen atoms in total. The number of benzene rings is 4. The van der Waals surface area contributed by atoms with Crippen molar-refractivity contribution >= 4 is 40.7 Å². The van der Waals surface area contributed by atoms with Gasteiger partial charge in [0.05, 0.1) is 28.2 Å². The van der Waals surface area contributed by atoms with Gasteiger partial charge in [-0.3, -0.25) is 19.2 Å². The summed E-state index contributed by atoms with van der Waals surface area (Å²) in [5.74, 6) is -2.88. The Kier molecular flexibility index (Phi) is 5.86. The van der Waals surface area contributed by atoms with Crippen LogP contribution >= 0.6 is 0 Å². The number of phenolic OH excluding ortho intramolecular Hbond substituents is 2. The fourth-order valence-electron chi connectivity index (χ4n) is 3.97. The van der Waals surface area contributed by atoms with E-state index in [2.05, 4.69) is 10.6 Å². The quantitative estimate of drug-likeness (QED) is 0.240. The van der Waals surface area contributed by atoms with E-state index in [1.165, 1.54) is 54.6 Å². The number of carbonyl (C=O) groups is 4. The van der Waals surface area contributed by atoms with Crippen molar-refractivity contribution in [2.45, 2.75) is 0 Å². The molecule has 0 saturated carbocycles. The Morgan fingerprint density at radius 1 is 0.595 bits per heavy atom. The van der Waals surface area contributed by atoms with Crippen molar-refractivity contribution in [1.82, 2.24) is 0 Å². The Morgan fingerprint density at radius 2 is 1.00 bits per heavy atom. The highest BCUT2D eigenvalue weighted by atomic mass is 16.3. The summed E-state index contributed by atoms with van der Waals surface area (Å²) in [6.45, 7) is 0. The van der Waals surface area contributed by atoms with Crippen LogP contribution in [0.25, 0.3) is 0 Å². The number of para-hydroxylation sites is 4. The summed E-state index contributed by atoms with van der Waals surface area (Å²) in [7, 11) is 0. The first-order valence-corrected chi connectivity index (χ1v) is 11.1. The van der Waals surface area contributed by atoms with Crippen molar-refractivity contribution in [3.8, 4) is 11.5 Å². The Hall–Kier alpha value is -5.44. The molecule has 0 radical (unpaired) electrons. The lowest BCUT2D eigenvalue weighted by atomic mass is 10.1. The van der Waals surface area contributed by atoms with E-state index >= 15 is 0 Å². The van der Waals surface area contributed by atoms with E-state index in [1.54, 1.807) is 36.4 Å². The fraction of sp³-hybridized carbons (Fsp3) is 0. The minimum atomic E-state index is -0.684. The van der Waals surface area contributed by atoms with Crippen LogP contribution in [0, 0.1) is 0 Å². The number of nitrogens with zero attached hydrogens (tertiary/aromatic N) is 1. The highest BCUT2D eigenvalue weighted by Crippen LogP contribution is 2.31. The molecule has 9 heteroatoms. The van der Waals surface area contributed by atoms with Crippen molar-refractivity contribution in [3.63, 3.8) is 0 Å². The van der Waals surface area contributed by atoms with Gasteiger partial charge < -0.3 is 20.8 Å². The maximum absolute atomic E-state index is 13.1. The first-order chi connectivity index (χ1) is 17.8. The van der Waals surface area contributed by atoms with Crippen LogP contribution < -0.4 is 15.5 Å². The second kappa shape index (κ2) is 9.31.